The summed E-state index contributed by atoms with van der Waals surface area (Å²) in [4.78, 5) is 33.8. The van der Waals surface area contributed by atoms with Crippen molar-refractivity contribution in [2.75, 3.05) is 6.26 Å². The summed E-state index contributed by atoms with van der Waals surface area (Å²) in [5.41, 5.74) is 6.30. The molecule has 0 atom stereocenters. The van der Waals surface area contributed by atoms with E-state index in [9.17, 15) is 18.0 Å². The third kappa shape index (κ3) is 4.42. The van der Waals surface area contributed by atoms with Crippen LogP contribution in [0.5, 0.6) is 0 Å². The van der Waals surface area contributed by atoms with Gasteiger partial charge in [-0.2, -0.15) is 0 Å². The fraction of sp³-hybridized carbons (Fsp3) is 0.179. The normalized spacial score (nSPS) is 11.8. The molecular formula is C28H26N4O4S. The number of benzene rings is 1. The van der Waals surface area contributed by atoms with Crippen molar-refractivity contribution in [2.24, 2.45) is 14.1 Å². The first-order valence-corrected chi connectivity index (χ1v) is 13.5. The number of hydrogen-bond acceptors (Lipinski definition) is 5. The second-order valence-electron chi connectivity index (χ2n) is 9.42. The maximum Gasteiger partial charge on any atom is 0.274 e. The van der Waals surface area contributed by atoms with Crippen molar-refractivity contribution in [3.63, 3.8) is 0 Å². The first kappa shape index (κ1) is 24.5. The maximum atomic E-state index is 13.1. The Labute approximate surface area is 213 Å². The summed E-state index contributed by atoms with van der Waals surface area (Å²) in [5, 5.41) is 0.687. The highest BCUT2D eigenvalue weighted by Gasteiger charge is 2.18. The molecule has 4 aromatic heterocycles. The number of H-pyrrole nitrogens is 1. The van der Waals surface area contributed by atoms with E-state index in [0.29, 0.717) is 22.0 Å². The van der Waals surface area contributed by atoms with E-state index in [1.54, 1.807) is 56.8 Å². The molecule has 1 aromatic carbocycles. The molecule has 8 nitrogen and oxygen atoms in total. The van der Waals surface area contributed by atoms with Crippen LogP contribution in [0.15, 0.2) is 75.4 Å². The van der Waals surface area contributed by atoms with Crippen LogP contribution in [0.1, 0.15) is 11.4 Å². The van der Waals surface area contributed by atoms with E-state index < -0.39 is 9.84 Å². The Hall–Kier alpha value is -4.24. The Morgan fingerprint density at radius 2 is 1.41 bits per heavy atom. The van der Waals surface area contributed by atoms with Gasteiger partial charge in [0.05, 0.1) is 4.90 Å². The van der Waals surface area contributed by atoms with Crippen LogP contribution in [0.3, 0.4) is 0 Å². The van der Waals surface area contributed by atoms with Crippen molar-refractivity contribution in [3.05, 3.63) is 93.0 Å². The smallest absolute Gasteiger partial charge is 0.274 e. The zero-order valence-electron chi connectivity index (χ0n) is 21.2. The molecule has 4 heterocycles. The molecule has 188 valence electrons. The number of hydrogen-bond donors (Lipinski definition) is 1. The lowest BCUT2D eigenvalue weighted by Gasteiger charge is -2.14. The SMILES string of the molecule is Cc1cc(-c2cc3c(-c4cc(=O)n(C)cc4-c4ccc(S(C)(=O)=O)cc4)cn(C)c(=O)c3[nH]2)cc(C)n1. The third-order valence-corrected chi connectivity index (χ3v) is 7.60. The number of aryl methyl sites for hydroxylation is 4. The van der Waals surface area contributed by atoms with Crippen molar-refractivity contribution < 1.29 is 8.42 Å². The molecule has 0 radical (unpaired) electrons. The fourth-order valence-electron chi connectivity index (χ4n) is 4.66. The van der Waals surface area contributed by atoms with Crippen LogP contribution < -0.4 is 11.1 Å². The molecule has 0 spiro atoms. The molecule has 1 N–H and O–H groups in total. The summed E-state index contributed by atoms with van der Waals surface area (Å²) >= 11 is 0. The zero-order chi connectivity index (χ0) is 26.6. The van der Waals surface area contributed by atoms with Crippen molar-refractivity contribution in [3.8, 4) is 33.5 Å². The molecule has 9 heteroatoms. The number of pyridine rings is 3. The molecule has 5 rings (SSSR count). The van der Waals surface area contributed by atoms with Crippen LogP contribution in [0, 0.1) is 13.8 Å². The van der Waals surface area contributed by atoms with Crippen molar-refractivity contribution in [1.82, 2.24) is 19.1 Å². The van der Waals surface area contributed by atoms with Crippen LogP contribution in [-0.2, 0) is 23.9 Å². The predicted octanol–water partition coefficient (Wildman–Crippen LogP) is 3.98. The Balaban J connectivity index is 1.80. The summed E-state index contributed by atoms with van der Waals surface area (Å²) in [6.45, 7) is 3.84. The average molecular weight is 515 g/mol. The lowest BCUT2D eigenvalue weighted by atomic mass is 9.95. The lowest BCUT2D eigenvalue weighted by Crippen LogP contribution is -2.18. The van der Waals surface area contributed by atoms with Gasteiger partial charge in [-0.15, -0.1) is 0 Å². The van der Waals surface area contributed by atoms with Gasteiger partial charge in [0, 0.05) is 78.0 Å². The van der Waals surface area contributed by atoms with Gasteiger partial charge in [0.25, 0.3) is 11.1 Å². The van der Waals surface area contributed by atoms with Crippen LogP contribution in [0.25, 0.3) is 44.4 Å². The standard InChI is InChI=1S/C28H26N4O4S/c1-16-10-19(11-17(2)29-16)25-12-22-24(15-32(4)28(34)27(22)30-25)21-13-26(33)31(3)14-23(21)18-6-8-20(9-7-18)37(5,35)36/h6-15,30H,1-5H3. The molecule has 0 aliphatic rings. The van der Waals surface area contributed by atoms with Crippen molar-refractivity contribution >= 4 is 20.7 Å². The molecule has 0 bridgehead atoms. The average Bonchev–Trinajstić information content (AvgIpc) is 3.28. The van der Waals surface area contributed by atoms with Crippen molar-refractivity contribution in [2.45, 2.75) is 18.7 Å². The maximum absolute atomic E-state index is 13.1. The number of rotatable bonds is 4. The number of aromatic amines is 1. The first-order valence-electron chi connectivity index (χ1n) is 11.6. The second-order valence-corrected chi connectivity index (χ2v) is 11.4. The van der Waals surface area contributed by atoms with Gasteiger partial charge in [-0.3, -0.25) is 14.6 Å². The molecule has 0 fully saturated rings. The second kappa shape index (κ2) is 8.70. The minimum atomic E-state index is -3.35. The molecule has 5 aromatic rings. The van der Waals surface area contributed by atoms with Gasteiger partial charge in [-0.25, -0.2) is 8.42 Å². The highest BCUT2D eigenvalue weighted by molar-refractivity contribution is 7.90. The third-order valence-electron chi connectivity index (χ3n) is 6.47. The van der Waals surface area contributed by atoms with E-state index in [4.69, 9.17) is 0 Å². The Morgan fingerprint density at radius 1 is 0.784 bits per heavy atom. The number of nitrogens with zero attached hydrogens (tertiary/aromatic N) is 3. The summed E-state index contributed by atoms with van der Waals surface area (Å²) in [5.74, 6) is 0. The van der Waals surface area contributed by atoms with Gasteiger partial charge in [-0.1, -0.05) is 12.1 Å². The Morgan fingerprint density at radius 3 is 2.03 bits per heavy atom. The van der Waals surface area contributed by atoms with E-state index in [2.05, 4.69) is 9.97 Å². The van der Waals surface area contributed by atoms with Gasteiger partial charge in [0.1, 0.15) is 5.52 Å². The van der Waals surface area contributed by atoms with Crippen LogP contribution >= 0.6 is 0 Å². The molecule has 0 aliphatic heterocycles. The highest BCUT2D eigenvalue weighted by Crippen LogP contribution is 2.36. The molecule has 0 saturated carbocycles. The quantitative estimate of drug-likeness (QED) is 0.390. The van der Waals surface area contributed by atoms with E-state index in [-0.39, 0.29) is 16.0 Å². The van der Waals surface area contributed by atoms with Gasteiger partial charge in [0.2, 0.25) is 0 Å². The predicted molar refractivity (Wildman–Crippen MR) is 145 cm³/mol. The molecule has 37 heavy (non-hydrogen) atoms. The van der Waals surface area contributed by atoms with E-state index >= 15 is 0 Å². The van der Waals surface area contributed by atoms with Crippen molar-refractivity contribution in [1.29, 1.82) is 0 Å². The molecule has 0 saturated heterocycles. The van der Waals surface area contributed by atoms with Gasteiger partial charge in [0.15, 0.2) is 9.84 Å². The number of aromatic nitrogens is 4. The Bertz CT molecular complexity index is 1910. The van der Waals surface area contributed by atoms with E-state index in [1.807, 2.05) is 32.0 Å². The van der Waals surface area contributed by atoms with Gasteiger partial charge in [-0.05, 0) is 55.3 Å². The zero-order valence-corrected chi connectivity index (χ0v) is 22.0. The monoisotopic (exact) mass is 514 g/mol. The largest absolute Gasteiger partial charge is 0.350 e. The Kier molecular flexibility index (Phi) is 5.75. The topological polar surface area (TPSA) is 107 Å². The summed E-state index contributed by atoms with van der Waals surface area (Å²) in [7, 11) is -0.00909. The lowest BCUT2D eigenvalue weighted by molar-refractivity contribution is 0.602. The summed E-state index contributed by atoms with van der Waals surface area (Å²) in [6.07, 6.45) is 4.62. The van der Waals surface area contributed by atoms with Gasteiger partial charge < -0.3 is 14.1 Å². The van der Waals surface area contributed by atoms with Crippen LogP contribution in [0.4, 0.5) is 0 Å². The van der Waals surface area contributed by atoms with Gasteiger partial charge >= 0.3 is 0 Å². The fourth-order valence-corrected chi connectivity index (χ4v) is 5.29. The van der Waals surface area contributed by atoms with E-state index in [1.165, 1.54) is 9.13 Å². The summed E-state index contributed by atoms with van der Waals surface area (Å²) < 4.78 is 26.9. The van der Waals surface area contributed by atoms with E-state index in [0.717, 1.165) is 40.0 Å². The molecule has 0 aliphatic carbocycles. The first-order chi connectivity index (χ1) is 17.4. The number of nitrogens with one attached hydrogen (secondary N) is 1. The van der Waals surface area contributed by atoms with Crippen LogP contribution in [-0.4, -0.2) is 33.8 Å². The minimum Gasteiger partial charge on any atom is -0.350 e. The molecule has 0 unspecified atom stereocenters. The molecular weight excluding hydrogens is 488 g/mol. The highest BCUT2D eigenvalue weighted by atomic mass is 32.2. The number of sulfone groups is 1. The van der Waals surface area contributed by atoms with Crippen LogP contribution in [0.2, 0.25) is 0 Å². The molecule has 0 amide bonds. The minimum absolute atomic E-state index is 0.185. The summed E-state index contributed by atoms with van der Waals surface area (Å²) in [6, 6.07) is 13.9. The number of fused-ring (bicyclic) bond motifs is 1.